The largest absolute Gasteiger partial charge is 0.480 e. The first-order valence-electron chi connectivity index (χ1n) is 4.42. The van der Waals surface area contributed by atoms with Crippen molar-refractivity contribution in [3.8, 4) is 0 Å². The minimum absolute atomic E-state index is 0.402. The molecule has 6 heteroatoms. The van der Waals surface area contributed by atoms with Gasteiger partial charge in [-0.3, -0.25) is 9.59 Å². The van der Waals surface area contributed by atoms with E-state index in [0.29, 0.717) is 0 Å². The minimum atomic E-state index is -1.30. The summed E-state index contributed by atoms with van der Waals surface area (Å²) in [5.74, 6) is -2.15. The average Bonchev–Trinajstić information content (AvgIpc) is 2.19. The summed E-state index contributed by atoms with van der Waals surface area (Å²) in [7, 11) is 0. The van der Waals surface area contributed by atoms with Gasteiger partial charge in [-0.2, -0.15) is 0 Å². The molecule has 0 aromatic rings. The van der Waals surface area contributed by atoms with Crippen LogP contribution in [0.1, 0.15) is 27.7 Å². The maximum Gasteiger partial charge on any atom is 0.321 e. The van der Waals surface area contributed by atoms with Crippen molar-refractivity contribution in [3.63, 3.8) is 0 Å². The van der Waals surface area contributed by atoms with Gasteiger partial charge in [0.1, 0.15) is 9.49 Å². The molecule has 1 heterocycles. The van der Waals surface area contributed by atoms with Crippen LogP contribution in [-0.2, 0) is 9.59 Å². The highest BCUT2D eigenvalue weighted by Gasteiger charge is 2.65. The number of carboxylic acid groups (broad SMARTS) is 2. The van der Waals surface area contributed by atoms with Gasteiger partial charge >= 0.3 is 11.9 Å². The lowest BCUT2D eigenvalue weighted by Gasteiger charge is -2.31. The Morgan fingerprint density at radius 1 is 0.867 bits per heavy atom. The molecule has 1 aliphatic heterocycles. The summed E-state index contributed by atoms with van der Waals surface area (Å²) in [6, 6.07) is 0. The SMILES string of the molecule is CC1(C)SC(C)(C(=O)O)C(C)(C(=O)O)S1. The summed E-state index contributed by atoms with van der Waals surface area (Å²) in [5.41, 5.74) is 0. The molecule has 1 aliphatic rings. The Kier molecular flexibility index (Phi) is 2.81. The summed E-state index contributed by atoms with van der Waals surface area (Å²) in [4.78, 5) is 22.5. The highest BCUT2D eigenvalue weighted by atomic mass is 32.2. The van der Waals surface area contributed by atoms with Gasteiger partial charge in [0, 0.05) is 0 Å². The quantitative estimate of drug-likeness (QED) is 0.779. The van der Waals surface area contributed by atoms with E-state index < -0.39 is 25.5 Å². The second kappa shape index (κ2) is 3.31. The fourth-order valence-electron chi connectivity index (χ4n) is 1.69. The topological polar surface area (TPSA) is 74.6 Å². The third-order valence-electron chi connectivity index (χ3n) is 2.63. The predicted octanol–water partition coefficient (Wildman–Crippen LogP) is 1.89. The Bertz CT molecular complexity index is 298. The second-order valence-electron chi connectivity index (χ2n) is 4.28. The molecule has 0 aliphatic carbocycles. The van der Waals surface area contributed by atoms with Crippen LogP contribution in [0.4, 0.5) is 0 Å². The molecule has 0 bridgehead atoms. The zero-order valence-corrected chi connectivity index (χ0v) is 10.7. The highest BCUT2D eigenvalue weighted by Crippen LogP contribution is 2.63. The first-order valence-corrected chi connectivity index (χ1v) is 6.05. The highest BCUT2D eigenvalue weighted by molar-refractivity contribution is 8.23. The van der Waals surface area contributed by atoms with Crippen LogP contribution >= 0.6 is 23.5 Å². The monoisotopic (exact) mass is 250 g/mol. The summed E-state index contributed by atoms with van der Waals surface area (Å²) >= 11 is 2.39. The van der Waals surface area contributed by atoms with Gasteiger partial charge in [0.15, 0.2) is 0 Å². The van der Waals surface area contributed by atoms with Crippen molar-refractivity contribution in [2.45, 2.75) is 41.3 Å². The zero-order valence-electron chi connectivity index (χ0n) is 9.03. The molecule has 4 nitrogen and oxygen atoms in total. The van der Waals surface area contributed by atoms with Crippen molar-refractivity contribution in [3.05, 3.63) is 0 Å². The summed E-state index contributed by atoms with van der Waals surface area (Å²) < 4.78 is -3.00. The van der Waals surface area contributed by atoms with Gasteiger partial charge in [-0.05, 0) is 27.7 Å². The van der Waals surface area contributed by atoms with Gasteiger partial charge in [-0.1, -0.05) is 0 Å². The van der Waals surface area contributed by atoms with E-state index in [1.54, 1.807) is 0 Å². The molecule has 0 aromatic carbocycles. The van der Waals surface area contributed by atoms with Crippen molar-refractivity contribution in [1.82, 2.24) is 0 Å². The standard InChI is InChI=1S/C9H14O4S2/c1-7(2)14-8(3,5(10)11)9(4,15-7)6(12)13/h1-4H3,(H,10,11)(H,12,13). The van der Waals surface area contributed by atoms with Crippen molar-refractivity contribution >= 4 is 35.5 Å². The van der Waals surface area contributed by atoms with Gasteiger partial charge in [-0.25, -0.2) is 0 Å². The molecular formula is C9H14O4S2. The van der Waals surface area contributed by atoms with Crippen molar-refractivity contribution in [1.29, 1.82) is 0 Å². The first-order chi connectivity index (χ1) is 6.55. The lowest BCUT2D eigenvalue weighted by Crippen LogP contribution is -2.52. The predicted molar refractivity (Wildman–Crippen MR) is 61.3 cm³/mol. The third-order valence-corrected chi connectivity index (χ3v) is 6.22. The van der Waals surface area contributed by atoms with Crippen LogP contribution < -0.4 is 0 Å². The van der Waals surface area contributed by atoms with Crippen LogP contribution in [0.5, 0.6) is 0 Å². The molecule has 86 valence electrons. The van der Waals surface area contributed by atoms with Gasteiger partial charge in [0.2, 0.25) is 0 Å². The number of thioether (sulfide) groups is 2. The molecular weight excluding hydrogens is 236 g/mol. The molecule has 0 aromatic heterocycles. The molecule has 1 fully saturated rings. The van der Waals surface area contributed by atoms with E-state index in [0.717, 1.165) is 0 Å². The molecule has 0 radical (unpaired) electrons. The number of aliphatic carboxylic acids is 2. The summed E-state index contributed by atoms with van der Waals surface area (Å²) in [5, 5.41) is 18.4. The van der Waals surface area contributed by atoms with E-state index in [1.807, 2.05) is 13.8 Å². The van der Waals surface area contributed by atoms with E-state index in [9.17, 15) is 19.8 Å². The van der Waals surface area contributed by atoms with Crippen LogP contribution in [0.25, 0.3) is 0 Å². The molecule has 1 rings (SSSR count). The molecule has 0 spiro atoms. The minimum Gasteiger partial charge on any atom is -0.480 e. The molecule has 15 heavy (non-hydrogen) atoms. The lowest BCUT2D eigenvalue weighted by molar-refractivity contribution is -0.148. The molecule has 1 saturated heterocycles. The Morgan fingerprint density at radius 3 is 1.33 bits per heavy atom. The first kappa shape index (κ1) is 12.7. The van der Waals surface area contributed by atoms with E-state index in [-0.39, 0.29) is 0 Å². The van der Waals surface area contributed by atoms with Crippen LogP contribution in [0.2, 0.25) is 0 Å². The van der Waals surface area contributed by atoms with E-state index >= 15 is 0 Å². The van der Waals surface area contributed by atoms with Gasteiger partial charge in [0.05, 0.1) is 4.08 Å². The average molecular weight is 250 g/mol. The van der Waals surface area contributed by atoms with Crippen molar-refractivity contribution in [2.75, 3.05) is 0 Å². The van der Waals surface area contributed by atoms with E-state index in [4.69, 9.17) is 0 Å². The van der Waals surface area contributed by atoms with Crippen LogP contribution in [0, 0.1) is 0 Å². The fourth-order valence-corrected chi connectivity index (χ4v) is 5.82. The fraction of sp³-hybridized carbons (Fsp3) is 0.778. The normalized spacial score (nSPS) is 38.9. The van der Waals surface area contributed by atoms with Gasteiger partial charge in [0.25, 0.3) is 0 Å². The molecule has 0 saturated carbocycles. The number of hydrogen-bond acceptors (Lipinski definition) is 4. The Balaban J connectivity index is 3.27. The maximum absolute atomic E-state index is 11.2. The molecule has 2 unspecified atom stereocenters. The van der Waals surface area contributed by atoms with E-state index in [1.165, 1.54) is 37.4 Å². The number of carboxylic acids is 2. The summed E-state index contributed by atoms with van der Waals surface area (Å²) in [6.45, 7) is 6.65. The van der Waals surface area contributed by atoms with Gasteiger partial charge in [-0.15, -0.1) is 23.5 Å². The number of rotatable bonds is 2. The molecule has 0 amide bonds. The lowest BCUT2D eigenvalue weighted by atomic mass is 9.94. The summed E-state index contributed by atoms with van der Waals surface area (Å²) in [6.07, 6.45) is 0. The number of carbonyl (C=O) groups is 2. The Labute approximate surface area is 96.8 Å². The van der Waals surface area contributed by atoms with Crippen LogP contribution in [-0.4, -0.2) is 35.7 Å². The molecule has 2 atom stereocenters. The zero-order chi connectivity index (χ0) is 12.1. The maximum atomic E-state index is 11.2. The van der Waals surface area contributed by atoms with Crippen LogP contribution in [0.15, 0.2) is 0 Å². The van der Waals surface area contributed by atoms with E-state index in [2.05, 4.69) is 0 Å². The van der Waals surface area contributed by atoms with Crippen molar-refractivity contribution < 1.29 is 19.8 Å². The van der Waals surface area contributed by atoms with Crippen LogP contribution in [0.3, 0.4) is 0 Å². The Hall–Kier alpha value is -0.360. The smallest absolute Gasteiger partial charge is 0.321 e. The van der Waals surface area contributed by atoms with Crippen molar-refractivity contribution in [2.24, 2.45) is 0 Å². The Morgan fingerprint density at radius 2 is 1.13 bits per heavy atom. The number of hydrogen-bond donors (Lipinski definition) is 2. The van der Waals surface area contributed by atoms with Gasteiger partial charge < -0.3 is 10.2 Å². The molecule has 2 N–H and O–H groups in total. The third kappa shape index (κ3) is 1.73. The second-order valence-corrected chi connectivity index (χ2v) is 8.62.